The third-order valence-corrected chi connectivity index (χ3v) is 5.62. The molecule has 1 saturated heterocycles. The molecule has 0 bridgehead atoms. The number of ether oxygens (including phenoxy) is 2. The van der Waals surface area contributed by atoms with Crippen molar-refractivity contribution in [2.24, 2.45) is 5.92 Å². The molecule has 6 nitrogen and oxygen atoms in total. The number of amides is 1. The van der Waals surface area contributed by atoms with Gasteiger partial charge in [0.05, 0.1) is 0 Å². The highest BCUT2D eigenvalue weighted by molar-refractivity contribution is 5.85. The van der Waals surface area contributed by atoms with E-state index >= 15 is 0 Å². The molecule has 1 aliphatic heterocycles. The average Bonchev–Trinajstić information content (AvgIpc) is 2.70. The van der Waals surface area contributed by atoms with Crippen LogP contribution in [0.2, 0.25) is 0 Å². The lowest BCUT2D eigenvalue weighted by atomic mass is 10.00. The second-order valence-corrected chi connectivity index (χ2v) is 7.94. The zero-order valence-electron chi connectivity index (χ0n) is 17.8. The smallest absolute Gasteiger partial charge is 0.336 e. The van der Waals surface area contributed by atoms with Crippen LogP contribution in [-0.2, 0) is 16.0 Å². The molecule has 1 atom stereocenters. The van der Waals surface area contributed by atoms with E-state index in [1.165, 1.54) is 0 Å². The van der Waals surface area contributed by atoms with Crippen LogP contribution in [0, 0.1) is 12.8 Å². The Kier molecular flexibility index (Phi) is 6.96. The number of fused-ring (bicyclic) bond motifs is 1. The third kappa shape index (κ3) is 4.99. The lowest BCUT2D eigenvalue weighted by Crippen LogP contribution is -2.41. The first-order valence-corrected chi connectivity index (χ1v) is 10.5. The van der Waals surface area contributed by atoms with E-state index in [2.05, 4.69) is 6.92 Å². The van der Waals surface area contributed by atoms with Crippen LogP contribution < -0.4 is 10.4 Å². The van der Waals surface area contributed by atoms with Gasteiger partial charge in [-0.25, -0.2) is 4.79 Å². The van der Waals surface area contributed by atoms with Gasteiger partial charge in [-0.05, 0) is 56.7 Å². The van der Waals surface area contributed by atoms with Crippen molar-refractivity contribution < 1.29 is 18.7 Å². The predicted octanol–water partition coefficient (Wildman–Crippen LogP) is 3.71. The summed E-state index contributed by atoms with van der Waals surface area (Å²) in [6.45, 7) is 7.94. The van der Waals surface area contributed by atoms with Gasteiger partial charge in [0, 0.05) is 43.8 Å². The molecule has 1 aromatic heterocycles. The lowest BCUT2D eigenvalue weighted by molar-refractivity contribution is -0.137. The fraction of sp³-hybridized carbons (Fsp3) is 0.565. The van der Waals surface area contributed by atoms with Crippen LogP contribution in [0.5, 0.6) is 5.75 Å². The minimum Gasteiger partial charge on any atom is -0.480 e. The van der Waals surface area contributed by atoms with Crippen molar-refractivity contribution in [1.82, 2.24) is 4.90 Å². The number of aryl methyl sites for hydroxylation is 2. The summed E-state index contributed by atoms with van der Waals surface area (Å²) in [6, 6.07) is 5.33. The molecule has 1 aliphatic rings. The maximum Gasteiger partial charge on any atom is 0.336 e. The van der Waals surface area contributed by atoms with E-state index in [1.807, 2.05) is 26.1 Å². The van der Waals surface area contributed by atoms with Crippen LogP contribution in [0.1, 0.15) is 44.2 Å². The molecule has 158 valence electrons. The van der Waals surface area contributed by atoms with Gasteiger partial charge in [-0.2, -0.15) is 0 Å². The number of hydrogen-bond acceptors (Lipinski definition) is 5. The standard InChI is InChI=1S/C23H31NO5/c1-5-6-18-13-21(25)29-22-15(2)20(8-7-19(18)22)28-16(3)23(26)24(4)14-17-9-11-27-12-10-17/h7-8,13,16-17H,5-6,9-12,14H2,1-4H3. The zero-order chi connectivity index (χ0) is 21.0. The second kappa shape index (κ2) is 9.44. The van der Waals surface area contributed by atoms with Gasteiger partial charge in [-0.15, -0.1) is 0 Å². The van der Waals surface area contributed by atoms with Gasteiger partial charge in [0.25, 0.3) is 5.91 Å². The summed E-state index contributed by atoms with van der Waals surface area (Å²) >= 11 is 0. The Labute approximate surface area is 171 Å². The van der Waals surface area contributed by atoms with Gasteiger partial charge in [-0.3, -0.25) is 4.79 Å². The van der Waals surface area contributed by atoms with Crippen LogP contribution >= 0.6 is 0 Å². The normalized spacial score (nSPS) is 16.0. The molecule has 1 unspecified atom stereocenters. The Balaban J connectivity index is 1.75. The number of carbonyl (C=O) groups is 1. The van der Waals surface area contributed by atoms with E-state index in [-0.39, 0.29) is 11.5 Å². The Morgan fingerprint density at radius 3 is 2.72 bits per heavy atom. The second-order valence-electron chi connectivity index (χ2n) is 7.94. The fourth-order valence-electron chi connectivity index (χ4n) is 3.97. The SMILES string of the molecule is CCCc1cc(=O)oc2c(C)c(OC(C)C(=O)N(C)CC3CCOCC3)ccc12. The molecule has 0 radical (unpaired) electrons. The number of nitrogens with zero attached hydrogens (tertiary/aromatic N) is 1. The first-order valence-electron chi connectivity index (χ1n) is 10.5. The molecular weight excluding hydrogens is 370 g/mol. The number of rotatable bonds is 7. The maximum atomic E-state index is 12.8. The topological polar surface area (TPSA) is 69.0 Å². The number of carbonyl (C=O) groups excluding carboxylic acids is 1. The highest BCUT2D eigenvalue weighted by Crippen LogP contribution is 2.30. The van der Waals surface area contributed by atoms with Gasteiger partial charge < -0.3 is 18.8 Å². The van der Waals surface area contributed by atoms with Crippen LogP contribution in [-0.4, -0.2) is 43.7 Å². The summed E-state index contributed by atoms with van der Waals surface area (Å²) in [5, 5.41) is 0.923. The quantitative estimate of drug-likeness (QED) is 0.662. The Hall–Kier alpha value is -2.34. The first-order chi connectivity index (χ1) is 13.9. The van der Waals surface area contributed by atoms with Crippen molar-refractivity contribution in [3.8, 4) is 5.75 Å². The molecule has 0 spiro atoms. The van der Waals surface area contributed by atoms with Gasteiger partial charge in [0.15, 0.2) is 6.10 Å². The van der Waals surface area contributed by atoms with Gasteiger partial charge in [0.2, 0.25) is 0 Å². The van der Waals surface area contributed by atoms with E-state index in [0.29, 0.717) is 23.8 Å². The minimum absolute atomic E-state index is 0.0582. The average molecular weight is 402 g/mol. The molecule has 1 fully saturated rings. The van der Waals surface area contributed by atoms with Crippen LogP contribution in [0.4, 0.5) is 0 Å². The summed E-state index contributed by atoms with van der Waals surface area (Å²) in [6.07, 6.45) is 3.10. The van der Waals surface area contributed by atoms with Crippen molar-refractivity contribution in [3.63, 3.8) is 0 Å². The third-order valence-electron chi connectivity index (χ3n) is 5.62. The highest BCUT2D eigenvalue weighted by Gasteiger charge is 2.24. The van der Waals surface area contributed by atoms with Crippen molar-refractivity contribution in [2.45, 2.75) is 52.6 Å². The molecule has 2 aromatic rings. The number of benzene rings is 1. The molecule has 3 rings (SSSR count). The molecule has 29 heavy (non-hydrogen) atoms. The van der Waals surface area contributed by atoms with E-state index in [9.17, 15) is 9.59 Å². The predicted molar refractivity (Wildman–Crippen MR) is 112 cm³/mol. The van der Waals surface area contributed by atoms with Crippen molar-refractivity contribution in [2.75, 3.05) is 26.8 Å². The van der Waals surface area contributed by atoms with Crippen LogP contribution in [0.25, 0.3) is 11.0 Å². The van der Waals surface area contributed by atoms with Gasteiger partial charge in [-0.1, -0.05) is 13.3 Å². The maximum absolute atomic E-state index is 12.8. The number of likely N-dealkylation sites (N-methyl/N-ethyl adjacent to an activating group) is 1. The largest absolute Gasteiger partial charge is 0.480 e. The molecule has 0 saturated carbocycles. The van der Waals surface area contributed by atoms with Crippen molar-refractivity contribution in [3.05, 3.63) is 39.7 Å². The molecule has 0 N–H and O–H groups in total. The Bertz CT molecular complexity index is 913. The molecule has 2 heterocycles. The number of hydrogen-bond donors (Lipinski definition) is 0. The summed E-state index contributed by atoms with van der Waals surface area (Å²) in [5.41, 5.74) is 1.90. The van der Waals surface area contributed by atoms with Gasteiger partial charge in [0.1, 0.15) is 11.3 Å². The zero-order valence-corrected chi connectivity index (χ0v) is 17.8. The molecule has 1 amide bonds. The monoisotopic (exact) mass is 401 g/mol. The summed E-state index contributed by atoms with van der Waals surface area (Å²) in [4.78, 5) is 26.5. The molecular formula is C23H31NO5. The molecule has 0 aliphatic carbocycles. The molecule has 6 heteroatoms. The van der Waals surface area contributed by atoms with E-state index in [1.54, 1.807) is 17.9 Å². The van der Waals surface area contributed by atoms with Crippen LogP contribution in [0.15, 0.2) is 27.4 Å². The lowest BCUT2D eigenvalue weighted by Gasteiger charge is -2.29. The highest BCUT2D eigenvalue weighted by atomic mass is 16.5. The van der Waals surface area contributed by atoms with Crippen LogP contribution in [0.3, 0.4) is 0 Å². The van der Waals surface area contributed by atoms with Gasteiger partial charge >= 0.3 is 5.63 Å². The van der Waals surface area contributed by atoms with E-state index < -0.39 is 6.10 Å². The van der Waals surface area contributed by atoms with Crippen molar-refractivity contribution >= 4 is 16.9 Å². The fourth-order valence-corrected chi connectivity index (χ4v) is 3.97. The Morgan fingerprint density at radius 2 is 2.03 bits per heavy atom. The van der Waals surface area contributed by atoms with E-state index in [4.69, 9.17) is 13.9 Å². The first kappa shape index (κ1) is 21.4. The Morgan fingerprint density at radius 1 is 1.31 bits per heavy atom. The summed E-state index contributed by atoms with van der Waals surface area (Å²) < 4.78 is 16.8. The molecule has 1 aromatic carbocycles. The summed E-state index contributed by atoms with van der Waals surface area (Å²) in [7, 11) is 1.82. The van der Waals surface area contributed by atoms with E-state index in [0.717, 1.165) is 55.4 Å². The summed E-state index contributed by atoms with van der Waals surface area (Å²) in [5.74, 6) is 0.977. The van der Waals surface area contributed by atoms with Crippen molar-refractivity contribution in [1.29, 1.82) is 0 Å². The minimum atomic E-state index is -0.624.